The molecule has 1 aliphatic rings. The lowest BCUT2D eigenvalue weighted by Gasteiger charge is -2.29. The van der Waals surface area contributed by atoms with Crippen LogP contribution in [-0.2, 0) is 4.79 Å². The summed E-state index contributed by atoms with van der Waals surface area (Å²) in [4.78, 5) is 26.6. The van der Waals surface area contributed by atoms with Crippen molar-refractivity contribution in [2.24, 2.45) is 0 Å². The van der Waals surface area contributed by atoms with Crippen LogP contribution in [0.15, 0.2) is 54.6 Å². The fourth-order valence-corrected chi connectivity index (χ4v) is 3.45. The molecule has 1 unspecified atom stereocenters. The maximum atomic E-state index is 12.7. The van der Waals surface area contributed by atoms with Gasteiger partial charge in [0.05, 0.1) is 18.3 Å². The first-order chi connectivity index (χ1) is 12.1. The summed E-state index contributed by atoms with van der Waals surface area (Å²) in [6.45, 7) is 3.70. The number of para-hydroxylation sites is 1. The minimum Gasteiger partial charge on any atom is -0.325 e. The molecular formula is C21H25N2O2+. The highest BCUT2D eigenvalue weighted by molar-refractivity contribution is 6.13. The minimum absolute atomic E-state index is 0.0305. The van der Waals surface area contributed by atoms with E-state index in [9.17, 15) is 9.59 Å². The maximum absolute atomic E-state index is 12.7. The summed E-state index contributed by atoms with van der Waals surface area (Å²) in [6.07, 6.45) is 3.60. The van der Waals surface area contributed by atoms with Crippen LogP contribution in [0.3, 0.4) is 0 Å². The zero-order chi connectivity index (χ0) is 17.6. The van der Waals surface area contributed by atoms with Crippen molar-refractivity contribution in [3.8, 4) is 0 Å². The Labute approximate surface area is 148 Å². The number of hydrogen-bond donors (Lipinski definition) is 2. The summed E-state index contributed by atoms with van der Waals surface area (Å²) in [7, 11) is 0. The molecule has 1 amide bonds. The molecule has 2 atom stereocenters. The van der Waals surface area contributed by atoms with Gasteiger partial charge in [-0.25, -0.2) is 0 Å². The number of benzene rings is 2. The van der Waals surface area contributed by atoms with Gasteiger partial charge in [-0.1, -0.05) is 42.5 Å². The normalized spacial score (nSPS) is 20.0. The molecule has 1 saturated heterocycles. The molecular weight excluding hydrogens is 312 g/mol. The number of carbonyl (C=O) groups excluding carboxylic acids is 2. The molecule has 1 aliphatic heterocycles. The zero-order valence-electron chi connectivity index (χ0n) is 14.6. The Kier molecular flexibility index (Phi) is 5.61. The number of amides is 1. The molecule has 0 spiro atoms. The molecule has 2 N–H and O–H groups in total. The lowest BCUT2D eigenvalue weighted by molar-refractivity contribution is -0.920. The van der Waals surface area contributed by atoms with Crippen LogP contribution in [0.1, 0.15) is 42.1 Å². The van der Waals surface area contributed by atoms with Crippen molar-refractivity contribution in [2.45, 2.75) is 32.2 Å². The first-order valence-electron chi connectivity index (χ1n) is 8.98. The molecule has 0 saturated carbocycles. The van der Waals surface area contributed by atoms with E-state index in [1.165, 1.54) is 24.2 Å². The average molecular weight is 337 g/mol. The van der Waals surface area contributed by atoms with Crippen molar-refractivity contribution in [2.75, 3.05) is 18.4 Å². The molecule has 1 fully saturated rings. The highest BCUT2D eigenvalue weighted by atomic mass is 16.2. The van der Waals surface area contributed by atoms with E-state index in [1.807, 2.05) is 30.3 Å². The van der Waals surface area contributed by atoms with Crippen molar-refractivity contribution in [3.63, 3.8) is 0 Å². The molecule has 3 rings (SSSR count). The second-order valence-electron chi connectivity index (χ2n) is 6.77. The van der Waals surface area contributed by atoms with Gasteiger partial charge in [-0.3, -0.25) is 9.59 Å². The zero-order valence-corrected chi connectivity index (χ0v) is 14.6. The molecule has 0 aromatic heterocycles. The number of nitrogens with one attached hydrogen (secondary N) is 2. The molecule has 25 heavy (non-hydrogen) atoms. The highest BCUT2D eigenvalue weighted by Crippen LogP contribution is 2.19. The fraction of sp³-hybridized carbons (Fsp3) is 0.333. The van der Waals surface area contributed by atoms with Gasteiger partial charge in [-0.05, 0) is 38.3 Å². The first-order valence-corrected chi connectivity index (χ1v) is 8.98. The van der Waals surface area contributed by atoms with Crippen molar-refractivity contribution < 1.29 is 14.5 Å². The van der Waals surface area contributed by atoms with Crippen molar-refractivity contribution in [1.82, 2.24) is 0 Å². The van der Waals surface area contributed by atoms with E-state index in [1.54, 1.807) is 24.3 Å². The fourth-order valence-electron chi connectivity index (χ4n) is 3.45. The molecule has 130 valence electrons. The van der Waals surface area contributed by atoms with Crippen molar-refractivity contribution >= 4 is 17.4 Å². The van der Waals surface area contributed by atoms with Crippen LogP contribution >= 0.6 is 0 Å². The number of rotatable bonds is 5. The second kappa shape index (κ2) is 8.08. The van der Waals surface area contributed by atoms with E-state index in [0.29, 0.717) is 29.4 Å². The molecule has 4 nitrogen and oxygen atoms in total. The van der Waals surface area contributed by atoms with E-state index in [0.717, 1.165) is 6.54 Å². The molecule has 4 heteroatoms. The third-order valence-corrected chi connectivity index (χ3v) is 4.95. The number of piperidine rings is 1. The summed E-state index contributed by atoms with van der Waals surface area (Å²) < 4.78 is 0. The summed E-state index contributed by atoms with van der Waals surface area (Å²) in [5, 5.41) is 2.95. The van der Waals surface area contributed by atoms with Crippen LogP contribution in [0, 0.1) is 0 Å². The second-order valence-corrected chi connectivity index (χ2v) is 6.77. The lowest BCUT2D eigenvalue weighted by atomic mass is 10.0. The van der Waals surface area contributed by atoms with Gasteiger partial charge in [0.1, 0.15) is 0 Å². The minimum atomic E-state index is -0.0739. The molecule has 0 bridgehead atoms. The van der Waals surface area contributed by atoms with Crippen LogP contribution in [0.4, 0.5) is 5.69 Å². The van der Waals surface area contributed by atoms with E-state index < -0.39 is 0 Å². The topological polar surface area (TPSA) is 50.6 Å². The smallest absolute Gasteiger partial charge is 0.279 e. The standard InChI is InChI=1S/C21H24N2O2/c1-16-9-7-8-14-23(16)15-20(24)22-19-13-6-5-12-18(19)21(25)17-10-3-2-4-11-17/h2-6,10-13,16H,7-9,14-15H2,1H3,(H,22,24)/p+1/t16-/m0/s1. The number of quaternary nitrogens is 1. The number of likely N-dealkylation sites (tertiary alicyclic amines) is 1. The summed E-state index contributed by atoms with van der Waals surface area (Å²) in [5.41, 5.74) is 1.74. The largest absolute Gasteiger partial charge is 0.325 e. The predicted molar refractivity (Wildman–Crippen MR) is 99.0 cm³/mol. The Balaban J connectivity index is 1.72. The Morgan fingerprint density at radius 3 is 2.52 bits per heavy atom. The summed E-state index contributed by atoms with van der Waals surface area (Å²) in [5.74, 6) is -0.104. The van der Waals surface area contributed by atoms with Gasteiger partial charge in [0.15, 0.2) is 12.3 Å². The molecule has 1 heterocycles. The van der Waals surface area contributed by atoms with Crippen LogP contribution < -0.4 is 10.2 Å². The third kappa shape index (κ3) is 4.34. The van der Waals surface area contributed by atoms with E-state index >= 15 is 0 Å². The Bertz CT molecular complexity index is 743. The number of anilines is 1. The van der Waals surface area contributed by atoms with Crippen LogP contribution in [0.2, 0.25) is 0 Å². The van der Waals surface area contributed by atoms with Gasteiger partial charge in [-0.15, -0.1) is 0 Å². The van der Waals surface area contributed by atoms with Gasteiger partial charge in [0, 0.05) is 11.1 Å². The number of carbonyl (C=O) groups is 2. The van der Waals surface area contributed by atoms with Gasteiger partial charge in [-0.2, -0.15) is 0 Å². The van der Waals surface area contributed by atoms with E-state index in [2.05, 4.69) is 12.2 Å². The van der Waals surface area contributed by atoms with Gasteiger partial charge in [0.2, 0.25) is 0 Å². The van der Waals surface area contributed by atoms with Gasteiger partial charge in [0.25, 0.3) is 5.91 Å². The molecule has 0 radical (unpaired) electrons. The first kappa shape index (κ1) is 17.4. The third-order valence-electron chi connectivity index (χ3n) is 4.95. The number of hydrogen-bond acceptors (Lipinski definition) is 2. The van der Waals surface area contributed by atoms with Gasteiger partial charge < -0.3 is 10.2 Å². The van der Waals surface area contributed by atoms with Gasteiger partial charge >= 0.3 is 0 Å². The summed E-state index contributed by atoms with van der Waals surface area (Å²) in [6, 6.07) is 16.9. The average Bonchev–Trinajstić information content (AvgIpc) is 2.64. The molecule has 2 aromatic carbocycles. The SMILES string of the molecule is C[C@H]1CCCC[NH+]1CC(=O)Nc1ccccc1C(=O)c1ccccc1. The van der Waals surface area contributed by atoms with Crippen LogP contribution in [-0.4, -0.2) is 30.8 Å². The molecule has 0 aliphatic carbocycles. The van der Waals surface area contributed by atoms with Crippen LogP contribution in [0.5, 0.6) is 0 Å². The number of ketones is 1. The summed E-state index contributed by atoms with van der Waals surface area (Å²) >= 11 is 0. The van der Waals surface area contributed by atoms with E-state index in [4.69, 9.17) is 0 Å². The quantitative estimate of drug-likeness (QED) is 0.823. The Hall–Kier alpha value is -2.46. The van der Waals surface area contributed by atoms with Crippen molar-refractivity contribution in [1.29, 1.82) is 0 Å². The van der Waals surface area contributed by atoms with Crippen LogP contribution in [0.25, 0.3) is 0 Å². The molecule has 2 aromatic rings. The highest BCUT2D eigenvalue weighted by Gasteiger charge is 2.24. The lowest BCUT2D eigenvalue weighted by Crippen LogP contribution is -3.17. The van der Waals surface area contributed by atoms with Crippen molar-refractivity contribution in [3.05, 3.63) is 65.7 Å². The Morgan fingerprint density at radius 1 is 1.04 bits per heavy atom. The van der Waals surface area contributed by atoms with E-state index in [-0.39, 0.29) is 11.7 Å². The predicted octanol–water partition coefficient (Wildman–Crippen LogP) is 2.31. The maximum Gasteiger partial charge on any atom is 0.279 e. The monoisotopic (exact) mass is 337 g/mol. The Morgan fingerprint density at radius 2 is 1.76 bits per heavy atom.